The van der Waals surface area contributed by atoms with Crippen molar-refractivity contribution in [2.45, 2.75) is 5.41 Å². The first-order chi connectivity index (χ1) is 26.8. The highest BCUT2D eigenvalue weighted by Crippen LogP contribution is 2.63. The smallest absolute Gasteiger partial charge is 0.145 e. The molecule has 54 heavy (non-hydrogen) atoms. The molecule has 0 aliphatic heterocycles. The minimum Gasteiger partial charge on any atom is -0.292 e. The van der Waals surface area contributed by atoms with E-state index in [1.165, 1.54) is 77.2 Å². The Balaban J connectivity index is 1.04. The lowest BCUT2D eigenvalue weighted by Gasteiger charge is -2.30. The third kappa shape index (κ3) is 3.97. The molecule has 10 aromatic rings. The van der Waals surface area contributed by atoms with Crippen molar-refractivity contribution in [3.05, 3.63) is 216 Å². The number of aromatic nitrogens is 2. The molecule has 250 valence electrons. The van der Waals surface area contributed by atoms with E-state index in [1.54, 1.807) is 0 Å². The topological polar surface area (TPSA) is 17.8 Å². The van der Waals surface area contributed by atoms with Crippen molar-refractivity contribution < 1.29 is 0 Å². The molecule has 2 nitrogen and oxygen atoms in total. The highest BCUT2D eigenvalue weighted by molar-refractivity contribution is 6.03. The monoisotopic (exact) mass is 684 g/mol. The molecular formula is C52H32N2. The lowest BCUT2D eigenvalue weighted by molar-refractivity contribution is 0.796. The highest BCUT2D eigenvalue weighted by Gasteiger charge is 2.51. The summed E-state index contributed by atoms with van der Waals surface area (Å²) in [5, 5.41) is 5.06. The van der Waals surface area contributed by atoms with Crippen molar-refractivity contribution in [1.82, 2.24) is 9.55 Å². The minimum atomic E-state index is -0.391. The van der Waals surface area contributed by atoms with E-state index in [1.807, 2.05) is 0 Å². The molecule has 0 saturated heterocycles. The molecule has 1 aromatic heterocycles. The number of imidazole rings is 1. The SMILES string of the molecule is c1ccc(-c2nc3ccccc3n2-c2ccc(-c3ccc4cc5c(cc4c3)C3(c4ccccc4-c4ccccc43)c3cc4ccccc4cc3-5)cc2)cc1. The molecule has 0 bridgehead atoms. The van der Waals surface area contributed by atoms with Crippen LogP contribution < -0.4 is 0 Å². The van der Waals surface area contributed by atoms with Crippen LogP contribution in [0.25, 0.3) is 83.0 Å². The third-order valence-electron chi connectivity index (χ3n) is 12.0. The molecule has 1 spiro atoms. The Morgan fingerprint density at radius 2 is 0.907 bits per heavy atom. The van der Waals surface area contributed by atoms with Crippen LogP contribution in [0.2, 0.25) is 0 Å². The number of para-hydroxylation sites is 2. The second-order valence-corrected chi connectivity index (χ2v) is 14.7. The molecule has 0 unspecified atom stereocenters. The highest BCUT2D eigenvalue weighted by atomic mass is 15.1. The summed E-state index contributed by atoms with van der Waals surface area (Å²) in [7, 11) is 0. The van der Waals surface area contributed by atoms with E-state index in [-0.39, 0.29) is 0 Å². The number of benzene rings is 9. The summed E-state index contributed by atoms with van der Waals surface area (Å²) in [5.74, 6) is 0.946. The predicted octanol–water partition coefficient (Wildman–Crippen LogP) is 13.0. The average Bonchev–Trinajstić information content (AvgIpc) is 3.86. The zero-order valence-corrected chi connectivity index (χ0v) is 29.4. The maximum Gasteiger partial charge on any atom is 0.145 e. The van der Waals surface area contributed by atoms with Gasteiger partial charge in [-0.25, -0.2) is 4.98 Å². The van der Waals surface area contributed by atoms with Crippen LogP contribution in [0.15, 0.2) is 194 Å². The van der Waals surface area contributed by atoms with Crippen LogP contribution in [0.4, 0.5) is 0 Å². The van der Waals surface area contributed by atoms with Crippen LogP contribution in [-0.4, -0.2) is 9.55 Å². The molecular weight excluding hydrogens is 653 g/mol. The van der Waals surface area contributed by atoms with Gasteiger partial charge in [0.1, 0.15) is 5.82 Å². The van der Waals surface area contributed by atoms with Crippen molar-refractivity contribution in [2.75, 3.05) is 0 Å². The van der Waals surface area contributed by atoms with Gasteiger partial charge >= 0.3 is 0 Å². The van der Waals surface area contributed by atoms with Gasteiger partial charge in [-0.05, 0) is 132 Å². The van der Waals surface area contributed by atoms with Gasteiger partial charge in [-0.2, -0.15) is 0 Å². The van der Waals surface area contributed by atoms with E-state index in [9.17, 15) is 0 Å². The van der Waals surface area contributed by atoms with E-state index < -0.39 is 5.41 Å². The number of fused-ring (bicyclic) bond motifs is 13. The Bertz CT molecular complexity index is 3100. The van der Waals surface area contributed by atoms with E-state index in [0.717, 1.165) is 28.1 Å². The van der Waals surface area contributed by atoms with Crippen LogP contribution in [0.1, 0.15) is 22.3 Å². The molecule has 12 rings (SSSR count). The van der Waals surface area contributed by atoms with E-state index in [0.29, 0.717) is 0 Å². The minimum absolute atomic E-state index is 0.391. The number of nitrogens with zero attached hydrogens (tertiary/aromatic N) is 2. The van der Waals surface area contributed by atoms with Crippen LogP contribution >= 0.6 is 0 Å². The van der Waals surface area contributed by atoms with Crippen molar-refractivity contribution in [1.29, 1.82) is 0 Å². The predicted molar refractivity (Wildman–Crippen MR) is 223 cm³/mol. The zero-order valence-electron chi connectivity index (χ0n) is 29.4. The normalized spacial score (nSPS) is 13.3. The Labute approximate surface area is 313 Å². The molecule has 0 fully saturated rings. The van der Waals surface area contributed by atoms with Gasteiger partial charge in [0.15, 0.2) is 0 Å². The Morgan fingerprint density at radius 1 is 0.352 bits per heavy atom. The molecule has 2 aliphatic rings. The first-order valence-corrected chi connectivity index (χ1v) is 18.7. The van der Waals surface area contributed by atoms with E-state index in [4.69, 9.17) is 4.98 Å². The van der Waals surface area contributed by atoms with Crippen molar-refractivity contribution in [2.24, 2.45) is 0 Å². The number of rotatable bonds is 3. The van der Waals surface area contributed by atoms with Crippen LogP contribution in [-0.2, 0) is 5.41 Å². The summed E-state index contributed by atoms with van der Waals surface area (Å²) in [6, 6.07) is 71.5. The van der Waals surface area contributed by atoms with Crippen LogP contribution in [0.3, 0.4) is 0 Å². The zero-order chi connectivity index (χ0) is 35.4. The lowest BCUT2D eigenvalue weighted by atomic mass is 9.70. The Hall–Kier alpha value is -7.03. The summed E-state index contributed by atoms with van der Waals surface area (Å²) in [5.41, 5.74) is 17.1. The fourth-order valence-electron chi connectivity index (χ4n) is 9.62. The molecule has 0 amide bonds. The van der Waals surface area contributed by atoms with Crippen LogP contribution in [0, 0.1) is 0 Å². The first-order valence-electron chi connectivity index (χ1n) is 18.7. The lowest BCUT2D eigenvalue weighted by Crippen LogP contribution is -2.25. The molecule has 1 heterocycles. The van der Waals surface area contributed by atoms with Crippen molar-refractivity contribution >= 4 is 32.6 Å². The van der Waals surface area contributed by atoms with Crippen molar-refractivity contribution in [3.8, 4) is 50.5 Å². The summed E-state index contributed by atoms with van der Waals surface area (Å²) in [6.45, 7) is 0. The quantitative estimate of drug-likeness (QED) is 0.181. The standard InChI is InChI=1S/C52H32N2/c1-2-12-34(13-3-1)51-53-49-20-10-11-21-50(49)54(51)40-26-24-33(25-27-40)37-22-23-38-30-44-43-29-35-14-4-5-15-36(35)31-47(43)52(48(44)32-39(38)28-37)45-18-8-6-16-41(45)42-17-7-9-19-46(42)52/h1-32H. The summed E-state index contributed by atoms with van der Waals surface area (Å²) in [4.78, 5) is 5.05. The van der Waals surface area contributed by atoms with Gasteiger partial charge in [-0.1, -0.05) is 140 Å². The Morgan fingerprint density at radius 3 is 1.63 bits per heavy atom. The van der Waals surface area contributed by atoms with Gasteiger partial charge < -0.3 is 0 Å². The Kier molecular flexibility index (Phi) is 6.01. The molecule has 0 saturated carbocycles. The van der Waals surface area contributed by atoms with Gasteiger partial charge in [0.2, 0.25) is 0 Å². The summed E-state index contributed by atoms with van der Waals surface area (Å²) >= 11 is 0. The molecule has 0 radical (unpaired) electrons. The fourth-order valence-corrected chi connectivity index (χ4v) is 9.62. The number of hydrogen-bond acceptors (Lipinski definition) is 1. The first kappa shape index (κ1) is 29.5. The maximum atomic E-state index is 5.05. The van der Waals surface area contributed by atoms with Gasteiger partial charge in [-0.3, -0.25) is 4.57 Å². The van der Waals surface area contributed by atoms with E-state index in [2.05, 4.69) is 199 Å². The van der Waals surface area contributed by atoms with Crippen LogP contribution in [0.5, 0.6) is 0 Å². The van der Waals surface area contributed by atoms with Gasteiger partial charge in [0.05, 0.1) is 16.4 Å². The van der Waals surface area contributed by atoms with Crippen molar-refractivity contribution in [3.63, 3.8) is 0 Å². The third-order valence-corrected chi connectivity index (χ3v) is 12.0. The maximum absolute atomic E-state index is 5.05. The van der Waals surface area contributed by atoms with Gasteiger partial charge in [0.25, 0.3) is 0 Å². The second-order valence-electron chi connectivity index (χ2n) is 14.7. The molecule has 0 N–H and O–H groups in total. The second kappa shape index (κ2) is 11.0. The molecule has 2 aliphatic carbocycles. The number of hydrogen-bond donors (Lipinski definition) is 0. The molecule has 0 atom stereocenters. The fraction of sp³-hybridized carbons (Fsp3) is 0.0192. The van der Waals surface area contributed by atoms with Gasteiger partial charge in [-0.15, -0.1) is 0 Å². The summed E-state index contributed by atoms with van der Waals surface area (Å²) < 4.78 is 2.27. The van der Waals surface area contributed by atoms with Gasteiger partial charge in [0, 0.05) is 11.3 Å². The largest absolute Gasteiger partial charge is 0.292 e. The molecule has 2 heteroatoms. The summed E-state index contributed by atoms with van der Waals surface area (Å²) in [6.07, 6.45) is 0. The van der Waals surface area contributed by atoms with E-state index >= 15 is 0 Å². The molecule has 9 aromatic carbocycles. The average molecular weight is 685 g/mol.